The predicted octanol–water partition coefficient (Wildman–Crippen LogP) is 8.66. The first kappa shape index (κ1) is 33.9. The summed E-state index contributed by atoms with van der Waals surface area (Å²) >= 11 is 2.21. The van der Waals surface area contributed by atoms with Gasteiger partial charge in [0.25, 0.3) is 0 Å². The summed E-state index contributed by atoms with van der Waals surface area (Å²) in [5.74, 6) is -0.573. The Labute approximate surface area is 273 Å². The van der Waals surface area contributed by atoms with E-state index in [-0.39, 0.29) is 30.3 Å². The first-order valence-electron chi connectivity index (χ1n) is 14.0. The second-order valence-corrected chi connectivity index (χ2v) is 11.8. The van der Waals surface area contributed by atoms with Crippen LogP contribution in [0.5, 0.6) is 0 Å². The third-order valence-electron chi connectivity index (χ3n) is 6.49. The maximum atomic E-state index is 13.0. The molecule has 3 aromatic carbocycles. The number of carbonyl (C=O) groups is 1. The Morgan fingerprint density at radius 1 is 0.822 bits per heavy atom. The highest BCUT2D eigenvalue weighted by molar-refractivity contribution is 14.1. The van der Waals surface area contributed by atoms with Crippen LogP contribution in [-0.4, -0.2) is 34.3 Å². The molecule has 5 rings (SSSR count). The fourth-order valence-corrected chi connectivity index (χ4v) is 4.61. The van der Waals surface area contributed by atoms with Gasteiger partial charge in [-0.15, -0.1) is 0 Å². The zero-order valence-electron chi connectivity index (χ0n) is 25.1. The van der Waals surface area contributed by atoms with Gasteiger partial charge < -0.3 is 23.4 Å². The number of rotatable bonds is 12. The number of carboxylic acid groups (broad SMARTS) is 1. The quantitative estimate of drug-likeness (QED) is 0.100. The fourth-order valence-electron chi connectivity index (χ4n) is 4.26. The number of ether oxygens (including phenoxy) is 2. The molecule has 2 aromatic heterocycles. The molecule has 0 spiro atoms. The van der Waals surface area contributed by atoms with Crippen LogP contribution in [0.4, 0.5) is 8.78 Å². The Hall–Kier alpha value is -3.94. The molecule has 0 amide bonds. The minimum atomic E-state index is -0.952. The van der Waals surface area contributed by atoms with Gasteiger partial charge in [-0.1, -0.05) is 54.6 Å². The van der Waals surface area contributed by atoms with Crippen molar-refractivity contribution in [1.82, 2.24) is 9.97 Å². The Morgan fingerprint density at radius 2 is 1.33 bits per heavy atom. The number of nitrogens with zero attached hydrogens (tertiary/aromatic N) is 2. The number of aryl methyl sites for hydroxylation is 1. The first-order chi connectivity index (χ1) is 21.5. The molecule has 0 saturated heterocycles. The molecule has 8 nitrogen and oxygen atoms in total. The van der Waals surface area contributed by atoms with Gasteiger partial charge >= 0.3 is 5.97 Å². The Kier molecular flexibility index (Phi) is 12.0. The largest absolute Gasteiger partial charge is 0.478 e. The van der Waals surface area contributed by atoms with E-state index in [0.29, 0.717) is 52.9 Å². The van der Waals surface area contributed by atoms with Gasteiger partial charge in [0.15, 0.2) is 0 Å². The maximum absolute atomic E-state index is 13.0. The van der Waals surface area contributed by atoms with Gasteiger partial charge in [-0.3, -0.25) is 0 Å². The van der Waals surface area contributed by atoms with Crippen molar-refractivity contribution < 1.29 is 37.0 Å². The lowest BCUT2D eigenvalue weighted by Gasteiger charge is -2.24. The van der Waals surface area contributed by atoms with Crippen LogP contribution in [-0.2, 0) is 27.1 Å². The molecular formula is C34H33F2IN2O6. The molecule has 0 bridgehead atoms. The minimum absolute atomic E-state index is 0.219. The van der Waals surface area contributed by atoms with E-state index in [2.05, 4.69) is 32.6 Å². The first-order valence-corrected chi connectivity index (χ1v) is 15.5. The van der Waals surface area contributed by atoms with Crippen LogP contribution < -0.4 is 0 Å². The Morgan fingerprint density at radius 3 is 1.84 bits per heavy atom. The van der Waals surface area contributed by atoms with E-state index >= 15 is 0 Å². The second-order valence-electron chi connectivity index (χ2n) is 11.0. The summed E-state index contributed by atoms with van der Waals surface area (Å²) in [7, 11) is 0. The maximum Gasteiger partial charge on any atom is 0.336 e. The molecular weight excluding hydrogens is 697 g/mol. The smallest absolute Gasteiger partial charge is 0.336 e. The molecule has 0 aliphatic rings. The number of oxazole rings is 2. The van der Waals surface area contributed by atoms with Crippen molar-refractivity contribution in [3.8, 4) is 22.9 Å². The molecule has 0 radical (unpaired) electrons. The number of halogens is 3. The average molecular weight is 731 g/mol. The van der Waals surface area contributed by atoms with Crippen molar-refractivity contribution in [2.45, 2.75) is 38.4 Å². The van der Waals surface area contributed by atoms with Gasteiger partial charge in [0, 0.05) is 21.0 Å². The van der Waals surface area contributed by atoms with Crippen molar-refractivity contribution in [2.24, 2.45) is 5.41 Å². The molecule has 0 aliphatic heterocycles. The number of hydrogen-bond acceptors (Lipinski definition) is 7. The van der Waals surface area contributed by atoms with E-state index in [4.69, 9.17) is 18.3 Å². The summed E-state index contributed by atoms with van der Waals surface area (Å²) in [6, 6.07) is 17.4. The van der Waals surface area contributed by atoms with E-state index in [1.165, 1.54) is 30.5 Å². The lowest BCUT2D eigenvalue weighted by molar-refractivity contribution is -0.0151. The van der Waals surface area contributed by atoms with Crippen LogP contribution in [0.25, 0.3) is 22.9 Å². The highest BCUT2D eigenvalue weighted by atomic mass is 127. The number of hydrogen-bond donors (Lipinski definition) is 1. The summed E-state index contributed by atoms with van der Waals surface area (Å²) in [5, 5.41) is 9.41. The molecule has 11 heteroatoms. The van der Waals surface area contributed by atoms with Crippen molar-refractivity contribution in [2.75, 3.05) is 13.2 Å². The van der Waals surface area contributed by atoms with Crippen LogP contribution in [0.15, 0.2) is 88.1 Å². The van der Waals surface area contributed by atoms with Crippen molar-refractivity contribution in [1.29, 1.82) is 0 Å². The number of aromatic nitrogens is 2. The van der Waals surface area contributed by atoms with Crippen molar-refractivity contribution in [3.63, 3.8) is 0 Å². The SMILES string of the molecule is Cc1cccc(COCC(C)(C)COCc2coc(-c3ccc(F)cc3)n2)c1C(=O)O.Fc1ccc(-c2nc(CI)co2)cc1. The Bertz CT molecular complexity index is 1680. The number of alkyl halides is 1. The Balaban J connectivity index is 0.000000273. The normalized spacial score (nSPS) is 11.2. The van der Waals surface area contributed by atoms with Gasteiger partial charge in [-0.05, 0) is 66.6 Å². The van der Waals surface area contributed by atoms with Crippen LogP contribution in [0.2, 0.25) is 0 Å². The molecule has 45 heavy (non-hydrogen) atoms. The zero-order valence-corrected chi connectivity index (χ0v) is 27.2. The molecule has 2 heterocycles. The summed E-state index contributed by atoms with van der Waals surface area (Å²) < 4.78 is 48.7. The van der Waals surface area contributed by atoms with Crippen molar-refractivity contribution in [3.05, 3.63) is 119 Å². The zero-order chi connectivity index (χ0) is 32.4. The predicted molar refractivity (Wildman–Crippen MR) is 173 cm³/mol. The molecule has 0 saturated carbocycles. The van der Waals surface area contributed by atoms with Crippen LogP contribution >= 0.6 is 22.6 Å². The fraction of sp³-hybridized carbons (Fsp3) is 0.265. The van der Waals surface area contributed by atoms with E-state index in [9.17, 15) is 18.7 Å². The van der Waals surface area contributed by atoms with Gasteiger partial charge in [0.1, 0.15) is 29.9 Å². The summed E-state index contributed by atoms with van der Waals surface area (Å²) in [6.45, 7) is 7.11. The van der Waals surface area contributed by atoms with Crippen LogP contribution in [0, 0.1) is 24.0 Å². The summed E-state index contributed by atoms with van der Waals surface area (Å²) in [4.78, 5) is 20.1. The van der Waals surface area contributed by atoms with E-state index in [1.54, 1.807) is 49.6 Å². The second kappa shape index (κ2) is 15.9. The van der Waals surface area contributed by atoms with Gasteiger partial charge in [0.05, 0.1) is 37.7 Å². The third-order valence-corrected chi connectivity index (χ3v) is 7.27. The van der Waals surface area contributed by atoms with Gasteiger partial charge in [-0.25, -0.2) is 23.5 Å². The van der Waals surface area contributed by atoms with Crippen molar-refractivity contribution >= 4 is 28.6 Å². The molecule has 0 unspecified atom stereocenters. The monoisotopic (exact) mass is 730 g/mol. The lowest BCUT2D eigenvalue weighted by atomic mass is 9.96. The van der Waals surface area contributed by atoms with Gasteiger partial charge in [-0.2, -0.15) is 0 Å². The number of benzene rings is 3. The highest BCUT2D eigenvalue weighted by Crippen LogP contribution is 2.23. The molecule has 1 N–H and O–H groups in total. The standard InChI is InChI=1S/C24H26FNO5.C10H7FINO/c1-16-5-4-6-18(21(16)23(27)28)11-29-14-24(2,3)15-30-12-20-13-31-22(26-20)17-7-9-19(25)10-8-17;11-8-3-1-7(2-4-8)10-13-9(5-12)6-14-10/h4-10,13H,11-12,14-15H2,1-3H3,(H,27,28);1-4,6H,5H2. The van der Waals surface area contributed by atoms with E-state index in [0.717, 1.165) is 15.7 Å². The summed E-state index contributed by atoms with van der Waals surface area (Å²) in [6.07, 6.45) is 3.14. The van der Waals surface area contributed by atoms with E-state index in [1.807, 2.05) is 19.9 Å². The number of aromatic carboxylic acids is 1. The molecule has 5 aromatic rings. The van der Waals surface area contributed by atoms with Gasteiger partial charge in [0.2, 0.25) is 11.8 Å². The molecule has 0 fully saturated rings. The van der Waals surface area contributed by atoms with Crippen LogP contribution in [0.3, 0.4) is 0 Å². The summed E-state index contributed by atoms with van der Waals surface area (Å²) in [5.41, 5.74) is 4.40. The minimum Gasteiger partial charge on any atom is -0.478 e. The third kappa shape index (κ3) is 10.0. The molecule has 0 aliphatic carbocycles. The van der Waals surface area contributed by atoms with E-state index < -0.39 is 5.97 Å². The lowest BCUT2D eigenvalue weighted by Crippen LogP contribution is -2.25. The topological polar surface area (TPSA) is 108 Å². The molecule has 236 valence electrons. The molecule has 0 atom stereocenters. The van der Waals surface area contributed by atoms with Crippen LogP contribution in [0.1, 0.15) is 46.7 Å². The highest BCUT2D eigenvalue weighted by Gasteiger charge is 2.20. The number of carboxylic acids is 1. The average Bonchev–Trinajstić information content (AvgIpc) is 3.68.